The van der Waals surface area contributed by atoms with Gasteiger partial charge in [-0.25, -0.2) is 4.39 Å². The first-order valence-electron chi connectivity index (χ1n) is 9.59. The predicted octanol–water partition coefficient (Wildman–Crippen LogP) is 2.56. The molecule has 7 heteroatoms. The third-order valence-corrected chi connectivity index (χ3v) is 5.43. The lowest BCUT2D eigenvalue weighted by Crippen LogP contribution is -2.55. The van der Waals surface area contributed by atoms with Crippen LogP contribution in [0.2, 0.25) is 5.02 Å². The molecule has 1 aliphatic heterocycles. The van der Waals surface area contributed by atoms with E-state index in [2.05, 4.69) is 55.3 Å². The van der Waals surface area contributed by atoms with Crippen LogP contribution >= 0.6 is 11.6 Å². The molecule has 2 rings (SSSR count). The van der Waals surface area contributed by atoms with Gasteiger partial charge in [-0.2, -0.15) is 0 Å². The fourth-order valence-corrected chi connectivity index (χ4v) is 3.70. The Hall–Kier alpha value is -1.37. The van der Waals surface area contributed by atoms with Crippen LogP contribution in [0.25, 0.3) is 0 Å². The van der Waals surface area contributed by atoms with Gasteiger partial charge < -0.3 is 15.5 Å². The molecule has 0 aliphatic carbocycles. The smallest absolute Gasteiger partial charge is 0.191 e. The van der Waals surface area contributed by atoms with E-state index in [9.17, 15) is 4.39 Å². The van der Waals surface area contributed by atoms with E-state index in [0.717, 1.165) is 44.2 Å². The van der Waals surface area contributed by atoms with E-state index in [1.54, 1.807) is 6.07 Å². The number of piperazine rings is 1. The predicted molar refractivity (Wildman–Crippen MR) is 112 cm³/mol. The summed E-state index contributed by atoms with van der Waals surface area (Å²) in [5.74, 6) is 0.477. The number of rotatable bonds is 6. The quantitative estimate of drug-likeness (QED) is 0.572. The topological polar surface area (TPSA) is 42.9 Å². The van der Waals surface area contributed by atoms with Crippen molar-refractivity contribution in [3.8, 4) is 0 Å². The molecule has 0 bridgehead atoms. The second-order valence-corrected chi connectivity index (χ2v) is 8.39. The Balaban J connectivity index is 2.03. The van der Waals surface area contributed by atoms with Gasteiger partial charge in [-0.1, -0.05) is 31.5 Å². The Labute approximate surface area is 168 Å². The molecule has 27 heavy (non-hydrogen) atoms. The molecule has 0 aromatic heterocycles. The van der Waals surface area contributed by atoms with Gasteiger partial charge in [0.25, 0.3) is 0 Å². The number of nitrogens with zero attached hydrogens (tertiary/aromatic N) is 3. The van der Waals surface area contributed by atoms with Crippen molar-refractivity contribution in [3.63, 3.8) is 0 Å². The van der Waals surface area contributed by atoms with Crippen molar-refractivity contribution < 1.29 is 4.39 Å². The van der Waals surface area contributed by atoms with Gasteiger partial charge in [-0.15, -0.1) is 0 Å². The van der Waals surface area contributed by atoms with Gasteiger partial charge in [0.05, 0.1) is 6.54 Å². The number of benzene rings is 1. The molecule has 5 nitrogen and oxygen atoms in total. The van der Waals surface area contributed by atoms with E-state index in [1.807, 2.05) is 0 Å². The van der Waals surface area contributed by atoms with Crippen LogP contribution in [-0.4, -0.2) is 75.2 Å². The third kappa shape index (κ3) is 6.33. The number of likely N-dealkylation sites (N-methyl/N-ethyl adjacent to an activating group) is 2. The fraction of sp³-hybridized carbons (Fsp3) is 0.650. The number of hydrogen-bond acceptors (Lipinski definition) is 3. The zero-order valence-electron chi connectivity index (χ0n) is 17.1. The number of guanidine groups is 1. The SMILES string of the molecule is CCNC(=NCC(C)(C)c1ccc(F)cc1Cl)NCC1CN(C)CCN1C. The summed E-state index contributed by atoms with van der Waals surface area (Å²) in [5.41, 5.74) is 0.605. The van der Waals surface area contributed by atoms with Gasteiger partial charge in [0, 0.05) is 49.2 Å². The van der Waals surface area contributed by atoms with Crippen LogP contribution in [0.4, 0.5) is 4.39 Å². The average molecular weight is 398 g/mol. The first-order chi connectivity index (χ1) is 12.7. The molecule has 1 unspecified atom stereocenters. The molecule has 1 atom stereocenters. The van der Waals surface area contributed by atoms with E-state index in [1.165, 1.54) is 12.1 Å². The summed E-state index contributed by atoms with van der Waals surface area (Å²) in [7, 11) is 4.33. The van der Waals surface area contributed by atoms with Crippen LogP contribution in [0, 0.1) is 5.82 Å². The van der Waals surface area contributed by atoms with Crippen LogP contribution in [0.1, 0.15) is 26.3 Å². The highest BCUT2D eigenvalue weighted by atomic mass is 35.5. The van der Waals surface area contributed by atoms with E-state index in [-0.39, 0.29) is 11.2 Å². The fourth-order valence-electron chi connectivity index (χ4n) is 3.28. The highest BCUT2D eigenvalue weighted by Gasteiger charge is 2.25. The molecular formula is C20H33ClFN5. The zero-order chi connectivity index (χ0) is 20.0. The lowest BCUT2D eigenvalue weighted by atomic mass is 9.84. The van der Waals surface area contributed by atoms with Crippen LogP contribution in [0.3, 0.4) is 0 Å². The Morgan fingerprint density at radius 1 is 1.30 bits per heavy atom. The van der Waals surface area contributed by atoms with Crippen molar-refractivity contribution in [2.75, 3.05) is 53.4 Å². The molecule has 1 fully saturated rings. The third-order valence-electron chi connectivity index (χ3n) is 5.12. The Morgan fingerprint density at radius 3 is 2.70 bits per heavy atom. The minimum atomic E-state index is -0.320. The maximum Gasteiger partial charge on any atom is 0.191 e. The molecule has 0 radical (unpaired) electrons. The summed E-state index contributed by atoms with van der Waals surface area (Å²) in [4.78, 5) is 9.51. The van der Waals surface area contributed by atoms with Crippen LogP contribution in [0.15, 0.2) is 23.2 Å². The lowest BCUT2D eigenvalue weighted by molar-refractivity contribution is 0.116. The van der Waals surface area contributed by atoms with Gasteiger partial charge in [0.2, 0.25) is 0 Å². The normalized spacial score (nSPS) is 20.0. The molecule has 1 saturated heterocycles. The summed E-state index contributed by atoms with van der Waals surface area (Å²) < 4.78 is 13.3. The highest BCUT2D eigenvalue weighted by Crippen LogP contribution is 2.30. The van der Waals surface area contributed by atoms with Crippen LogP contribution < -0.4 is 10.6 Å². The van der Waals surface area contributed by atoms with Gasteiger partial charge in [-0.3, -0.25) is 9.89 Å². The molecule has 1 aromatic rings. The summed E-state index contributed by atoms with van der Waals surface area (Å²) in [6.45, 7) is 11.6. The summed E-state index contributed by atoms with van der Waals surface area (Å²) in [6, 6.07) is 5.01. The second kappa shape index (κ2) is 9.71. The molecule has 1 aliphatic rings. The molecule has 0 saturated carbocycles. The summed E-state index contributed by atoms with van der Waals surface area (Å²) in [5, 5.41) is 7.22. The highest BCUT2D eigenvalue weighted by molar-refractivity contribution is 6.31. The minimum absolute atomic E-state index is 0.297. The van der Waals surface area contributed by atoms with E-state index in [0.29, 0.717) is 17.6 Å². The van der Waals surface area contributed by atoms with Crippen LogP contribution in [0.5, 0.6) is 0 Å². The average Bonchev–Trinajstić information content (AvgIpc) is 2.59. The summed E-state index contributed by atoms with van der Waals surface area (Å²) in [6.07, 6.45) is 0. The molecule has 1 aromatic carbocycles. The first kappa shape index (κ1) is 21.9. The van der Waals surface area contributed by atoms with Gasteiger partial charge in [-0.05, 0) is 38.7 Å². The number of aliphatic imine (C=N–C) groups is 1. The molecule has 2 N–H and O–H groups in total. The Kier molecular flexibility index (Phi) is 7.89. The Morgan fingerprint density at radius 2 is 2.04 bits per heavy atom. The van der Waals surface area contributed by atoms with Crippen molar-refractivity contribution in [3.05, 3.63) is 34.6 Å². The van der Waals surface area contributed by atoms with Crippen molar-refractivity contribution >= 4 is 17.6 Å². The maximum atomic E-state index is 13.3. The van der Waals surface area contributed by atoms with Crippen molar-refractivity contribution in [1.82, 2.24) is 20.4 Å². The lowest BCUT2D eigenvalue weighted by Gasteiger charge is -2.38. The van der Waals surface area contributed by atoms with Crippen molar-refractivity contribution in [2.24, 2.45) is 4.99 Å². The van der Waals surface area contributed by atoms with Crippen molar-refractivity contribution in [2.45, 2.75) is 32.2 Å². The van der Waals surface area contributed by atoms with E-state index < -0.39 is 0 Å². The van der Waals surface area contributed by atoms with E-state index in [4.69, 9.17) is 16.6 Å². The molecule has 0 amide bonds. The Bertz CT molecular complexity index is 649. The van der Waals surface area contributed by atoms with Gasteiger partial charge in [0.15, 0.2) is 5.96 Å². The number of hydrogen-bond donors (Lipinski definition) is 2. The number of nitrogens with one attached hydrogen (secondary N) is 2. The monoisotopic (exact) mass is 397 g/mol. The maximum absolute atomic E-state index is 13.3. The zero-order valence-corrected chi connectivity index (χ0v) is 17.9. The first-order valence-corrected chi connectivity index (χ1v) is 9.97. The largest absolute Gasteiger partial charge is 0.357 e. The second-order valence-electron chi connectivity index (χ2n) is 7.98. The molecule has 0 spiro atoms. The standard InChI is InChI=1S/C20H33ClFN5/c1-6-23-19(24-12-16-13-26(4)9-10-27(16)5)25-14-20(2,3)17-8-7-15(22)11-18(17)21/h7-8,11,16H,6,9-10,12-14H2,1-5H3,(H2,23,24,25). The summed E-state index contributed by atoms with van der Waals surface area (Å²) >= 11 is 6.25. The van der Waals surface area contributed by atoms with E-state index >= 15 is 0 Å². The minimum Gasteiger partial charge on any atom is -0.357 e. The van der Waals surface area contributed by atoms with Crippen LogP contribution in [-0.2, 0) is 5.41 Å². The van der Waals surface area contributed by atoms with Gasteiger partial charge in [0.1, 0.15) is 5.82 Å². The molecular weight excluding hydrogens is 365 g/mol. The molecule has 152 valence electrons. The number of halogens is 2. The van der Waals surface area contributed by atoms with Crippen molar-refractivity contribution in [1.29, 1.82) is 0 Å². The molecule has 1 heterocycles. The van der Waals surface area contributed by atoms with Gasteiger partial charge >= 0.3 is 0 Å².